The number of ether oxygens (including phenoxy) is 4. The van der Waals surface area contributed by atoms with Crippen molar-refractivity contribution >= 4 is 11.9 Å². The summed E-state index contributed by atoms with van der Waals surface area (Å²) >= 11 is 0. The van der Waals surface area contributed by atoms with Crippen LogP contribution in [0.3, 0.4) is 0 Å². The van der Waals surface area contributed by atoms with Gasteiger partial charge in [0.15, 0.2) is 0 Å². The summed E-state index contributed by atoms with van der Waals surface area (Å²) in [6.45, 7) is 6.12. The van der Waals surface area contributed by atoms with E-state index in [-0.39, 0.29) is 36.8 Å². The smallest absolute Gasteiger partial charge is 0.306 e. The van der Waals surface area contributed by atoms with Gasteiger partial charge >= 0.3 is 11.9 Å². The lowest BCUT2D eigenvalue weighted by atomic mass is 9.87. The Hall–Kier alpha value is -1.14. The van der Waals surface area contributed by atoms with E-state index in [9.17, 15) is 9.59 Å². The molecule has 6 nitrogen and oxygen atoms in total. The summed E-state index contributed by atoms with van der Waals surface area (Å²) in [5.41, 5.74) is -0.269. The van der Waals surface area contributed by atoms with Gasteiger partial charge in [0.1, 0.15) is 13.4 Å². The lowest BCUT2D eigenvalue weighted by Crippen LogP contribution is -2.41. The van der Waals surface area contributed by atoms with Crippen molar-refractivity contribution < 1.29 is 28.5 Å². The second-order valence-corrected chi connectivity index (χ2v) is 5.76. The van der Waals surface area contributed by atoms with Crippen LogP contribution in [0.5, 0.6) is 0 Å². The van der Waals surface area contributed by atoms with E-state index < -0.39 is 0 Å². The third-order valence-corrected chi connectivity index (χ3v) is 3.82. The first kappa shape index (κ1) is 18.9. The summed E-state index contributed by atoms with van der Waals surface area (Å²) in [5, 5.41) is 0. The molecule has 6 heteroatoms. The van der Waals surface area contributed by atoms with Crippen molar-refractivity contribution in [1.82, 2.24) is 0 Å². The number of carbonyl (C=O) groups excluding carboxylic acids is 2. The molecular formula is C16H28O6. The van der Waals surface area contributed by atoms with Gasteiger partial charge in [0, 0.05) is 0 Å². The molecule has 1 fully saturated rings. The molecule has 1 heterocycles. The topological polar surface area (TPSA) is 71.1 Å². The van der Waals surface area contributed by atoms with Crippen LogP contribution in [0.2, 0.25) is 0 Å². The molecule has 0 bridgehead atoms. The van der Waals surface area contributed by atoms with Crippen LogP contribution in [0.15, 0.2) is 0 Å². The van der Waals surface area contributed by atoms with Crippen LogP contribution in [0.4, 0.5) is 0 Å². The maximum atomic E-state index is 11.7. The number of esters is 2. The van der Waals surface area contributed by atoms with Gasteiger partial charge in [-0.3, -0.25) is 9.59 Å². The molecule has 22 heavy (non-hydrogen) atoms. The number of hydrogen-bond donors (Lipinski definition) is 0. The van der Waals surface area contributed by atoms with Crippen LogP contribution in [-0.4, -0.2) is 45.2 Å². The van der Waals surface area contributed by atoms with Crippen molar-refractivity contribution in [1.29, 1.82) is 0 Å². The fourth-order valence-corrected chi connectivity index (χ4v) is 2.13. The van der Waals surface area contributed by atoms with E-state index in [2.05, 4.69) is 6.92 Å². The van der Waals surface area contributed by atoms with E-state index in [1.807, 2.05) is 6.92 Å². The van der Waals surface area contributed by atoms with Crippen molar-refractivity contribution in [2.24, 2.45) is 5.41 Å². The Labute approximate surface area is 132 Å². The molecule has 1 rings (SSSR count). The van der Waals surface area contributed by atoms with Gasteiger partial charge in [0.25, 0.3) is 0 Å². The summed E-state index contributed by atoms with van der Waals surface area (Å²) < 4.78 is 20.9. The minimum atomic E-state index is -0.385. The standard InChI is InChI=1S/C16H28O6/c1-3-5-6-9-21-14(17)7-8-15(18)22-12-16(4-2)10-19-13-20-11-16/h3-13H2,1-2H3. The summed E-state index contributed by atoms with van der Waals surface area (Å²) in [5.74, 6) is -0.730. The summed E-state index contributed by atoms with van der Waals surface area (Å²) in [6.07, 6.45) is 3.91. The Balaban J connectivity index is 2.15. The van der Waals surface area contributed by atoms with E-state index in [1.165, 1.54) is 0 Å². The van der Waals surface area contributed by atoms with Crippen molar-refractivity contribution in [3.05, 3.63) is 0 Å². The maximum absolute atomic E-state index is 11.7. The van der Waals surface area contributed by atoms with Gasteiger partial charge in [-0.05, 0) is 12.8 Å². The van der Waals surface area contributed by atoms with Crippen molar-refractivity contribution in [2.45, 2.75) is 52.4 Å². The first-order chi connectivity index (χ1) is 10.6. The Morgan fingerprint density at radius 2 is 1.64 bits per heavy atom. The normalized spacial score (nSPS) is 17.0. The second-order valence-electron chi connectivity index (χ2n) is 5.76. The Morgan fingerprint density at radius 3 is 2.23 bits per heavy atom. The summed E-state index contributed by atoms with van der Waals surface area (Å²) in [7, 11) is 0. The number of unbranched alkanes of at least 4 members (excludes halogenated alkanes) is 2. The number of hydrogen-bond acceptors (Lipinski definition) is 6. The number of carbonyl (C=O) groups is 2. The molecule has 0 aliphatic carbocycles. The summed E-state index contributed by atoms with van der Waals surface area (Å²) in [6, 6.07) is 0. The fourth-order valence-electron chi connectivity index (χ4n) is 2.13. The van der Waals surface area contributed by atoms with E-state index in [1.54, 1.807) is 0 Å². The van der Waals surface area contributed by atoms with Crippen LogP contribution in [0.1, 0.15) is 52.4 Å². The molecule has 0 aromatic rings. The van der Waals surface area contributed by atoms with Crippen molar-refractivity contribution in [2.75, 3.05) is 33.2 Å². The molecule has 0 aromatic carbocycles. The highest BCUT2D eigenvalue weighted by atomic mass is 16.7. The molecule has 1 aliphatic rings. The van der Waals surface area contributed by atoms with E-state index in [0.29, 0.717) is 26.6 Å². The van der Waals surface area contributed by atoms with Gasteiger partial charge in [-0.25, -0.2) is 0 Å². The van der Waals surface area contributed by atoms with Crippen LogP contribution in [0, 0.1) is 5.41 Å². The lowest BCUT2D eigenvalue weighted by molar-refractivity contribution is -0.187. The molecule has 0 spiro atoms. The molecule has 0 aromatic heterocycles. The van der Waals surface area contributed by atoms with Gasteiger partial charge in [0.2, 0.25) is 0 Å². The third-order valence-electron chi connectivity index (χ3n) is 3.82. The van der Waals surface area contributed by atoms with Crippen LogP contribution in [0.25, 0.3) is 0 Å². The monoisotopic (exact) mass is 316 g/mol. The molecular weight excluding hydrogens is 288 g/mol. The Bertz CT molecular complexity index is 336. The van der Waals surface area contributed by atoms with E-state index >= 15 is 0 Å². The van der Waals surface area contributed by atoms with Crippen LogP contribution >= 0.6 is 0 Å². The largest absolute Gasteiger partial charge is 0.466 e. The van der Waals surface area contributed by atoms with E-state index in [4.69, 9.17) is 18.9 Å². The predicted molar refractivity (Wildman–Crippen MR) is 80.2 cm³/mol. The first-order valence-electron chi connectivity index (χ1n) is 8.08. The predicted octanol–water partition coefficient (Wildman–Crippen LogP) is 2.44. The Morgan fingerprint density at radius 1 is 1.00 bits per heavy atom. The minimum Gasteiger partial charge on any atom is -0.466 e. The zero-order valence-corrected chi connectivity index (χ0v) is 13.7. The molecule has 1 aliphatic heterocycles. The average molecular weight is 316 g/mol. The molecule has 0 amide bonds. The van der Waals surface area contributed by atoms with Gasteiger partial charge in [0.05, 0.1) is 38.1 Å². The molecule has 0 unspecified atom stereocenters. The molecule has 0 saturated carbocycles. The highest BCUT2D eigenvalue weighted by Gasteiger charge is 2.33. The summed E-state index contributed by atoms with van der Waals surface area (Å²) in [4.78, 5) is 23.2. The third kappa shape index (κ3) is 7.22. The van der Waals surface area contributed by atoms with Crippen LogP contribution < -0.4 is 0 Å². The minimum absolute atomic E-state index is 0.0497. The molecule has 0 N–H and O–H groups in total. The fraction of sp³-hybridized carbons (Fsp3) is 0.875. The lowest BCUT2D eigenvalue weighted by Gasteiger charge is -2.35. The SMILES string of the molecule is CCCCCOC(=O)CCC(=O)OCC1(CC)COCOC1. The molecule has 1 saturated heterocycles. The second kappa shape index (κ2) is 10.6. The van der Waals surface area contributed by atoms with Crippen molar-refractivity contribution in [3.63, 3.8) is 0 Å². The molecule has 0 radical (unpaired) electrons. The van der Waals surface area contributed by atoms with Gasteiger partial charge < -0.3 is 18.9 Å². The zero-order chi connectivity index (χ0) is 16.3. The van der Waals surface area contributed by atoms with Gasteiger partial charge in [-0.2, -0.15) is 0 Å². The molecule has 0 atom stereocenters. The molecule has 128 valence electrons. The first-order valence-corrected chi connectivity index (χ1v) is 8.08. The van der Waals surface area contributed by atoms with Crippen LogP contribution in [-0.2, 0) is 28.5 Å². The highest BCUT2D eigenvalue weighted by molar-refractivity contribution is 5.77. The van der Waals surface area contributed by atoms with Gasteiger partial charge in [-0.15, -0.1) is 0 Å². The zero-order valence-electron chi connectivity index (χ0n) is 13.7. The average Bonchev–Trinajstić information content (AvgIpc) is 2.56. The van der Waals surface area contributed by atoms with Crippen molar-refractivity contribution in [3.8, 4) is 0 Å². The number of rotatable bonds is 10. The Kier molecular flexibility index (Phi) is 9.08. The van der Waals surface area contributed by atoms with E-state index in [0.717, 1.165) is 25.7 Å². The maximum Gasteiger partial charge on any atom is 0.306 e. The van der Waals surface area contributed by atoms with Gasteiger partial charge in [-0.1, -0.05) is 26.7 Å². The highest BCUT2D eigenvalue weighted by Crippen LogP contribution is 2.26. The quantitative estimate of drug-likeness (QED) is 0.455.